The second kappa shape index (κ2) is 8.90. The number of ether oxygens (including phenoxy) is 2. The molecule has 0 spiro atoms. The number of hydrogen-bond donors (Lipinski definition) is 0. The maximum Gasteiger partial charge on any atom is 0.347 e. The smallest absolute Gasteiger partial charge is 0.347 e. The average Bonchev–Trinajstić information content (AvgIpc) is 3.16. The summed E-state index contributed by atoms with van der Waals surface area (Å²) in [5.41, 5.74) is 4.52. The van der Waals surface area contributed by atoms with Crippen molar-refractivity contribution in [3.8, 4) is 22.7 Å². The molecule has 3 aromatic heterocycles. The lowest BCUT2D eigenvalue weighted by Gasteiger charge is -2.15. The van der Waals surface area contributed by atoms with E-state index in [1.807, 2.05) is 48.9 Å². The third-order valence-corrected chi connectivity index (χ3v) is 5.34. The molecule has 0 saturated heterocycles. The first-order valence-electron chi connectivity index (χ1n) is 10.8. The highest BCUT2D eigenvalue weighted by Gasteiger charge is 2.21. The maximum absolute atomic E-state index is 13.5. The zero-order valence-corrected chi connectivity index (χ0v) is 19.3. The Bertz CT molecular complexity index is 1390. The van der Waals surface area contributed by atoms with Gasteiger partial charge in [-0.2, -0.15) is 5.10 Å². The van der Waals surface area contributed by atoms with Gasteiger partial charge in [-0.25, -0.2) is 14.5 Å². The van der Waals surface area contributed by atoms with Gasteiger partial charge in [-0.1, -0.05) is 17.7 Å². The molecule has 0 unspecified atom stereocenters. The molecule has 0 aliphatic carbocycles. The van der Waals surface area contributed by atoms with Crippen molar-refractivity contribution < 1.29 is 14.3 Å². The summed E-state index contributed by atoms with van der Waals surface area (Å²) in [6, 6.07) is 13.3. The Morgan fingerprint density at radius 1 is 1.12 bits per heavy atom. The molecule has 1 atom stereocenters. The van der Waals surface area contributed by atoms with Crippen LogP contribution < -0.4 is 10.3 Å². The van der Waals surface area contributed by atoms with E-state index >= 15 is 0 Å². The quantitative estimate of drug-likeness (QED) is 0.419. The van der Waals surface area contributed by atoms with E-state index in [1.165, 1.54) is 4.40 Å². The molecule has 0 fully saturated rings. The van der Waals surface area contributed by atoms with Crippen LogP contribution in [0.4, 0.5) is 0 Å². The fourth-order valence-corrected chi connectivity index (χ4v) is 3.67. The number of pyridine rings is 1. The lowest BCUT2D eigenvalue weighted by molar-refractivity contribution is -0.150. The molecule has 0 aliphatic rings. The number of aromatic nitrogens is 4. The van der Waals surface area contributed by atoms with Crippen molar-refractivity contribution in [1.29, 1.82) is 0 Å². The second-order valence-electron chi connectivity index (χ2n) is 7.87. The van der Waals surface area contributed by atoms with Crippen molar-refractivity contribution in [2.45, 2.75) is 40.7 Å². The number of hydrogen-bond acceptors (Lipinski definition) is 6. The van der Waals surface area contributed by atoms with Gasteiger partial charge in [-0.3, -0.25) is 9.20 Å². The van der Waals surface area contributed by atoms with Gasteiger partial charge in [-0.15, -0.1) is 0 Å². The first-order valence-corrected chi connectivity index (χ1v) is 10.8. The summed E-state index contributed by atoms with van der Waals surface area (Å²) in [7, 11) is 0. The van der Waals surface area contributed by atoms with E-state index in [9.17, 15) is 9.59 Å². The number of carbonyl (C=O) groups excluding carboxylic acids is 1. The van der Waals surface area contributed by atoms with Crippen LogP contribution in [0.2, 0.25) is 0 Å². The van der Waals surface area contributed by atoms with Crippen LogP contribution >= 0.6 is 0 Å². The fraction of sp³-hybridized carbons (Fsp3) is 0.280. The van der Waals surface area contributed by atoms with Crippen LogP contribution in [0.3, 0.4) is 0 Å². The van der Waals surface area contributed by atoms with Gasteiger partial charge in [0.1, 0.15) is 5.69 Å². The van der Waals surface area contributed by atoms with Gasteiger partial charge in [0.2, 0.25) is 0 Å². The van der Waals surface area contributed by atoms with E-state index in [1.54, 1.807) is 39.1 Å². The normalized spacial score (nSPS) is 12.0. The van der Waals surface area contributed by atoms with Gasteiger partial charge in [0, 0.05) is 11.9 Å². The Morgan fingerprint density at radius 2 is 1.85 bits per heavy atom. The molecule has 0 bridgehead atoms. The minimum atomic E-state index is -0.833. The number of nitrogens with zero attached hydrogens (tertiary/aromatic N) is 4. The van der Waals surface area contributed by atoms with Crippen molar-refractivity contribution in [2.75, 3.05) is 6.61 Å². The first kappa shape index (κ1) is 22.3. The molecule has 33 heavy (non-hydrogen) atoms. The van der Waals surface area contributed by atoms with E-state index in [0.29, 0.717) is 28.3 Å². The Balaban J connectivity index is 1.78. The van der Waals surface area contributed by atoms with Crippen LogP contribution in [-0.2, 0) is 9.53 Å². The SMILES string of the molecule is CCOC(=O)[C@H](C)Oc1cccn2c(=O)c(-c3cc(C)n(-c4ccc(C)cc4)n3)c(C)nc12. The molecule has 170 valence electrons. The van der Waals surface area contributed by atoms with Crippen molar-refractivity contribution >= 4 is 11.6 Å². The molecule has 8 heteroatoms. The molecule has 1 aromatic carbocycles. The predicted molar refractivity (Wildman–Crippen MR) is 125 cm³/mol. The Kier molecular flexibility index (Phi) is 6.00. The van der Waals surface area contributed by atoms with E-state index in [4.69, 9.17) is 14.6 Å². The van der Waals surface area contributed by atoms with Crippen LogP contribution in [0.15, 0.2) is 53.5 Å². The third kappa shape index (κ3) is 4.24. The topological polar surface area (TPSA) is 87.7 Å². The highest BCUT2D eigenvalue weighted by molar-refractivity contribution is 5.75. The third-order valence-electron chi connectivity index (χ3n) is 5.34. The summed E-state index contributed by atoms with van der Waals surface area (Å²) in [5, 5.41) is 4.69. The molecule has 4 aromatic rings. The van der Waals surface area contributed by atoms with Gasteiger partial charge < -0.3 is 9.47 Å². The average molecular weight is 447 g/mol. The number of fused-ring (bicyclic) bond motifs is 1. The first-order chi connectivity index (χ1) is 15.8. The summed E-state index contributed by atoms with van der Waals surface area (Å²) in [6.45, 7) is 9.33. The zero-order valence-electron chi connectivity index (χ0n) is 19.3. The van der Waals surface area contributed by atoms with Gasteiger partial charge in [0.25, 0.3) is 5.56 Å². The largest absolute Gasteiger partial charge is 0.475 e. The molecular weight excluding hydrogens is 420 g/mol. The minimum Gasteiger partial charge on any atom is -0.475 e. The summed E-state index contributed by atoms with van der Waals surface area (Å²) in [6.07, 6.45) is 0.792. The molecule has 0 aliphatic heterocycles. The molecule has 0 radical (unpaired) electrons. The molecule has 8 nitrogen and oxygen atoms in total. The molecular formula is C25H26N4O4. The van der Waals surface area contributed by atoms with E-state index in [2.05, 4.69) is 4.98 Å². The van der Waals surface area contributed by atoms with Crippen molar-refractivity contribution in [3.05, 3.63) is 76.0 Å². The summed E-state index contributed by atoms with van der Waals surface area (Å²) in [4.78, 5) is 30.1. The summed E-state index contributed by atoms with van der Waals surface area (Å²) >= 11 is 0. The number of esters is 1. The van der Waals surface area contributed by atoms with Gasteiger partial charge >= 0.3 is 5.97 Å². The van der Waals surface area contributed by atoms with Crippen LogP contribution in [-0.4, -0.2) is 37.8 Å². The van der Waals surface area contributed by atoms with Crippen LogP contribution in [0.1, 0.15) is 30.8 Å². The van der Waals surface area contributed by atoms with Gasteiger partial charge in [0.15, 0.2) is 17.5 Å². The summed E-state index contributed by atoms with van der Waals surface area (Å²) < 4.78 is 14.0. The van der Waals surface area contributed by atoms with Crippen LogP contribution in [0, 0.1) is 20.8 Å². The summed E-state index contributed by atoms with van der Waals surface area (Å²) in [5.74, 6) is -0.154. The molecule has 0 saturated carbocycles. The Labute approximate surface area is 191 Å². The zero-order chi connectivity index (χ0) is 23.7. The van der Waals surface area contributed by atoms with Crippen LogP contribution in [0.5, 0.6) is 5.75 Å². The number of rotatable bonds is 6. The fourth-order valence-electron chi connectivity index (χ4n) is 3.67. The molecule has 3 heterocycles. The van der Waals surface area contributed by atoms with Crippen molar-refractivity contribution in [2.24, 2.45) is 0 Å². The van der Waals surface area contributed by atoms with Gasteiger partial charge in [0.05, 0.1) is 23.6 Å². The Morgan fingerprint density at radius 3 is 2.55 bits per heavy atom. The minimum absolute atomic E-state index is 0.261. The van der Waals surface area contributed by atoms with E-state index < -0.39 is 12.1 Å². The highest BCUT2D eigenvalue weighted by Crippen LogP contribution is 2.24. The monoisotopic (exact) mass is 446 g/mol. The number of benzene rings is 1. The maximum atomic E-state index is 13.5. The Hall–Kier alpha value is -3.94. The lowest BCUT2D eigenvalue weighted by Crippen LogP contribution is -2.27. The second-order valence-corrected chi connectivity index (χ2v) is 7.87. The molecule has 0 amide bonds. The van der Waals surface area contributed by atoms with Crippen molar-refractivity contribution in [3.63, 3.8) is 0 Å². The molecule has 4 rings (SSSR count). The highest BCUT2D eigenvalue weighted by atomic mass is 16.6. The standard InChI is InChI=1S/C25H26N4O4/c1-6-32-25(31)18(5)33-21-8-7-13-28-23(21)26-17(4)22(24(28)30)20-14-16(3)29(27-20)19-11-9-15(2)10-12-19/h7-14,18H,6H2,1-5H3/t18-/m0/s1. The predicted octanol–water partition coefficient (Wildman–Crippen LogP) is 3.80. The van der Waals surface area contributed by atoms with E-state index in [-0.39, 0.29) is 12.2 Å². The number of aryl methyl sites for hydroxylation is 3. The van der Waals surface area contributed by atoms with Crippen molar-refractivity contribution in [1.82, 2.24) is 19.2 Å². The lowest BCUT2D eigenvalue weighted by atomic mass is 10.1. The van der Waals surface area contributed by atoms with Crippen LogP contribution in [0.25, 0.3) is 22.6 Å². The van der Waals surface area contributed by atoms with Gasteiger partial charge in [-0.05, 0) is 65.0 Å². The molecule has 0 N–H and O–H groups in total. The van der Waals surface area contributed by atoms with E-state index in [0.717, 1.165) is 16.9 Å². The number of carbonyl (C=O) groups is 1.